The molecule has 15 heavy (non-hydrogen) atoms. The van der Waals surface area contributed by atoms with Gasteiger partial charge in [-0.1, -0.05) is 0 Å². The monoisotopic (exact) mass is 244 g/mol. The fourth-order valence-corrected chi connectivity index (χ4v) is 1.44. The Morgan fingerprint density at radius 3 is 2.27 bits per heavy atom. The topological polar surface area (TPSA) is 137 Å². The van der Waals surface area contributed by atoms with E-state index < -0.39 is 48.7 Å². The van der Waals surface area contributed by atoms with Crippen molar-refractivity contribution in [1.82, 2.24) is 0 Å². The van der Waals surface area contributed by atoms with E-state index >= 15 is 0 Å². The first-order valence-corrected chi connectivity index (χ1v) is 5.08. The zero-order chi connectivity index (χ0) is 11.6. The number of aliphatic hydroxyl groups excluding tert-OH is 4. The van der Waals surface area contributed by atoms with E-state index in [1.165, 1.54) is 0 Å². The summed E-state index contributed by atoms with van der Waals surface area (Å²) in [5.74, 6) is 0. The van der Waals surface area contributed by atoms with Gasteiger partial charge in [-0.05, 0) is 0 Å². The maximum absolute atomic E-state index is 10.2. The van der Waals surface area contributed by atoms with Gasteiger partial charge in [-0.2, -0.15) is 4.21 Å². The first-order chi connectivity index (χ1) is 6.93. The minimum Gasteiger partial charge on any atom is -0.387 e. The summed E-state index contributed by atoms with van der Waals surface area (Å²) in [7, 11) is 0. The van der Waals surface area contributed by atoms with E-state index in [0.717, 1.165) is 0 Å². The minimum absolute atomic E-state index is 0.495. The molecule has 90 valence electrons. The zero-order valence-electron chi connectivity index (χ0n) is 7.46. The van der Waals surface area contributed by atoms with Crippen LogP contribution in [0.2, 0.25) is 0 Å². The molecule has 1 rings (SSSR count). The quantitative estimate of drug-likeness (QED) is 0.330. The van der Waals surface area contributed by atoms with Crippen molar-refractivity contribution in [2.75, 3.05) is 6.61 Å². The maximum atomic E-state index is 10.2. The lowest BCUT2D eigenvalue weighted by atomic mass is 10.00. The van der Waals surface area contributed by atoms with Gasteiger partial charge in [-0.3, -0.25) is 8.74 Å². The van der Waals surface area contributed by atoms with Crippen LogP contribution in [0.1, 0.15) is 0 Å². The first-order valence-electron chi connectivity index (χ1n) is 4.05. The van der Waals surface area contributed by atoms with Crippen molar-refractivity contribution in [1.29, 1.82) is 0 Å². The molecule has 0 aromatic rings. The number of hydrogen-bond acceptors (Lipinski definition) is 7. The van der Waals surface area contributed by atoms with Crippen LogP contribution in [-0.2, 0) is 20.3 Å². The zero-order valence-corrected chi connectivity index (χ0v) is 8.28. The predicted molar refractivity (Wildman–Crippen MR) is 45.6 cm³/mol. The molecule has 0 aromatic heterocycles. The molecule has 0 spiro atoms. The largest absolute Gasteiger partial charge is 0.387 e. The van der Waals surface area contributed by atoms with Crippen LogP contribution in [0.15, 0.2) is 0 Å². The molecule has 0 bridgehead atoms. The van der Waals surface area contributed by atoms with Crippen molar-refractivity contribution < 1.29 is 38.1 Å². The third-order valence-corrected chi connectivity index (χ3v) is 2.36. The molecule has 0 amide bonds. The van der Waals surface area contributed by atoms with Gasteiger partial charge in [0, 0.05) is 0 Å². The molecular weight excluding hydrogens is 232 g/mol. The Labute approximate surface area is 87.5 Å². The smallest absolute Gasteiger partial charge is 0.301 e. The molecule has 6 atom stereocenters. The van der Waals surface area contributed by atoms with Gasteiger partial charge in [0.15, 0.2) is 6.29 Å². The van der Waals surface area contributed by atoms with Gasteiger partial charge in [-0.25, -0.2) is 0 Å². The highest BCUT2D eigenvalue weighted by atomic mass is 32.2. The van der Waals surface area contributed by atoms with Crippen LogP contribution in [0.25, 0.3) is 0 Å². The molecule has 4 unspecified atom stereocenters. The van der Waals surface area contributed by atoms with Crippen LogP contribution in [0.3, 0.4) is 0 Å². The summed E-state index contributed by atoms with van der Waals surface area (Å²) in [4.78, 5) is 0. The van der Waals surface area contributed by atoms with Crippen molar-refractivity contribution >= 4 is 11.4 Å². The fourth-order valence-electron chi connectivity index (χ4n) is 1.19. The second-order valence-corrected chi connectivity index (χ2v) is 3.71. The summed E-state index contributed by atoms with van der Waals surface area (Å²) in [5.41, 5.74) is 0. The van der Waals surface area contributed by atoms with Crippen molar-refractivity contribution in [3.05, 3.63) is 0 Å². The molecule has 1 fully saturated rings. The Morgan fingerprint density at radius 1 is 1.13 bits per heavy atom. The third-order valence-electron chi connectivity index (χ3n) is 2.02. The summed E-state index contributed by atoms with van der Waals surface area (Å²) < 4.78 is 27.3. The molecular formula is C6H12O8S. The summed E-state index contributed by atoms with van der Waals surface area (Å²) in [6.45, 7) is -0.495. The molecule has 0 aromatic carbocycles. The Morgan fingerprint density at radius 2 is 1.73 bits per heavy atom. The fraction of sp³-hybridized carbons (Fsp3) is 1.00. The van der Waals surface area contributed by atoms with Crippen LogP contribution in [0, 0.1) is 0 Å². The van der Waals surface area contributed by atoms with E-state index in [4.69, 9.17) is 14.8 Å². The summed E-state index contributed by atoms with van der Waals surface area (Å²) in [6, 6.07) is 0. The van der Waals surface area contributed by atoms with E-state index in [2.05, 4.69) is 8.92 Å². The first kappa shape index (κ1) is 12.9. The second kappa shape index (κ2) is 5.27. The van der Waals surface area contributed by atoms with Gasteiger partial charge < -0.3 is 25.2 Å². The van der Waals surface area contributed by atoms with Crippen LogP contribution in [-0.4, -0.2) is 66.5 Å². The van der Waals surface area contributed by atoms with E-state index in [0.29, 0.717) is 0 Å². The van der Waals surface area contributed by atoms with Crippen molar-refractivity contribution in [2.24, 2.45) is 0 Å². The molecule has 0 aliphatic carbocycles. The van der Waals surface area contributed by atoms with Gasteiger partial charge in [0.25, 0.3) is 0 Å². The van der Waals surface area contributed by atoms with Gasteiger partial charge >= 0.3 is 11.4 Å². The van der Waals surface area contributed by atoms with Crippen LogP contribution < -0.4 is 0 Å². The Hall–Kier alpha value is -0.130. The van der Waals surface area contributed by atoms with Crippen LogP contribution in [0.4, 0.5) is 0 Å². The number of hydrogen-bond donors (Lipinski definition) is 5. The molecule has 1 aliphatic heterocycles. The molecule has 1 saturated heterocycles. The second-order valence-electron chi connectivity index (χ2n) is 3.04. The number of rotatable bonds is 3. The Balaban J connectivity index is 2.54. The molecule has 8 nitrogen and oxygen atoms in total. The highest BCUT2D eigenvalue weighted by Gasteiger charge is 2.43. The average Bonchev–Trinajstić information content (AvgIpc) is 2.18. The van der Waals surface area contributed by atoms with Crippen LogP contribution >= 0.6 is 0 Å². The van der Waals surface area contributed by atoms with E-state index in [9.17, 15) is 14.4 Å². The number of ether oxygens (including phenoxy) is 1. The molecule has 1 aliphatic rings. The standard InChI is InChI=1S/C6H12O8S/c7-3-2(1-13-15(11)12)14-6(10)5(9)4(3)8/h2-10H,1H2,(H,11,12)/t2?,3-,4+,5?,6?/m0/s1. The highest BCUT2D eigenvalue weighted by molar-refractivity contribution is 7.74. The van der Waals surface area contributed by atoms with Gasteiger partial charge in [0.1, 0.15) is 24.4 Å². The SMILES string of the molecule is O=S(O)OCC1OC(O)C(O)[C@H](O)[C@H]1O. The van der Waals surface area contributed by atoms with Gasteiger partial charge in [-0.15, -0.1) is 0 Å². The predicted octanol–water partition coefficient (Wildman–Crippen LogP) is -3.06. The van der Waals surface area contributed by atoms with Crippen molar-refractivity contribution in [3.63, 3.8) is 0 Å². The number of aliphatic hydroxyl groups is 4. The summed E-state index contributed by atoms with van der Waals surface area (Å²) in [6.07, 6.45) is -7.60. The van der Waals surface area contributed by atoms with E-state index in [-0.39, 0.29) is 0 Å². The molecule has 1 heterocycles. The minimum atomic E-state index is -2.53. The Bertz CT molecular complexity index is 235. The van der Waals surface area contributed by atoms with E-state index in [1.54, 1.807) is 0 Å². The molecule has 0 saturated carbocycles. The van der Waals surface area contributed by atoms with E-state index in [1.807, 2.05) is 0 Å². The Kier molecular flexibility index (Phi) is 4.55. The molecule has 0 radical (unpaired) electrons. The van der Waals surface area contributed by atoms with Crippen LogP contribution in [0.5, 0.6) is 0 Å². The third kappa shape index (κ3) is 3.16. The lowest BCUT2D eigenvalue weighted by Gasteiger charge is -2.37. The maximum Gasteiger partial charge on any atom is 0.301 e. The van der Waals surface area contributed by atoms with Crippen molar-refractivity contribution in [2.45, 2.75) is 30.7 Å². The summed E-state index contributed by atoms with van der Waals surface area (Å²) in [5, 5.41) is 36.7. The lowest BCUT2D eigenvalue weighted by Crippen LogP contribution is -2.58. The lowest BCUT2D eigenvalue weighted by molar-refractivity contribution is -0.285. The molecule has 9 heteroatoms. The highest BCUT2D eigenvalue weighted by Crippen LogP contribution is 2.20. The summed E-state index contributed by atoms with van der Waals surface area (Å²) >= 11 is -2.53. The average molecular weight is 244 g/mol. The van der Waals surface area contributed by atoms with Crippen molar-refractivity contribution in [3.8, 4) is 0 Å². The van der Waals surface area contributed by atoms with Gasteiger partial charge in [0.2, 0.25) is 0 Å². The molecule has 5 N–H and O–H groups in total. The van der Waals surface area contributed by atoms with Gasteiger partial charge in [0.05, 0.1) is 6.61 Å². The normalized spacial score (nSPS) is 43.9.